The number of nitrogens with one attached hydrogen (secondary N) is 1. The molecule has 0 aliphatic carbocycles. The second kappa shape index (κ2) is 6.11. The van der Waals surface area contributed by atoms with E-state index in [0.29, 0.717) is 16.3 Å². The molecule has 1 heterocycles. The summed E-state index contributed by atoms with van der Waals surface area (Å²) in [6, 6.07) is 10.6. The van der Waals surface area contributed by atoms with Crippen LogP contribution in [-0.4, -0.2) is 16.6 Å². The molecule has 0 atom stereocenters. The number of carbonyl (C=O) groups is 1. The van der Waals surface area contributed by atoms with Crippen LogP contribution in [0.5, 0.6) is 0 Å². The predicted octanol–water partition coefficient (Wildman–Crippen LogP) is 2.89. The van der Waals surface area contributed by atoms with E-state index in [-0.39, 0.29) is 5.91 Å². The highest BCUT2D eigenvalue weighted by atomic mass is 35.5. The highest BCUT2D eigenvalue weighted by Crippen LogP contribution is 2.10. The molecule has 0 spiro atoms. The van der Waals surface area contributed by atoms with Crippen LogP contribution in [0.2, 0.25) is 5.02 Å². The average molecular weight is 274 g/mol. The molecule has 19 heavy (non-hydrogen) atoms. The molecule has 0 aliphatic heterocycles. The number of rotatable bonds is 3. The first-order valence-electron chi connectivity index (χ1n) is 5.67. The summed E-state index contributed by atoms with van der Waals surface area (Å²) >= 11 is 5.81. The minimum absolute atomic E-state index is 0.290. The number of halogens is 1. The molecular formula is C14H12ClN3O. The number of pyridine rings is 1. The zero-order valence-corrected chi connectivity index (χ0v) is 11.1. The van der Waals surface area contributed by atoms with E-state index in [0.717, 1.165) is 5.56 Å². The predicted molar refractivity (Wildman–Crippen MR) is 75.4 cm³/mol. The number of hydrazone groups is 1. The summed E-state index contributed by atoms with van der Waals surface area (Å²) < 4.78 is 0. The van der Waals surface area contributed by atoms with Gasteiger partial charge in [-0.25, -0.2) is 5.43 Å². The zero-order valence-electron chi connectivity index (χ0n) is 10.3. The topological polar surface area (TPSA) is 54.4 Å². The van der Waals surface area contributed by atoms with Gasteiger partial charge >= 0.3 is 0 Å². The van der Waals surface area contributed by atoms with Crippen molar-refractivity contribution in [2.75, 3.05) is 0 Å². The molecule has 1 aromatic carbocycles. The molecule has 4 nitrogen and oxygen atoms in total. The van der Waals surface area contributed by atoms with Gasteiger partial charge in [-0.05, 0) is 36.8 Å². The van der Waals surface area contributed by atoms with E-state index in [2.05, 4.69) is 15.5 Å². The van der Waals surface area contributed by atoms with Crippen LogP contribution in [0.4, 0.5) is 0 Å². The van der Waals surface area contributed by atoms with E-state index >= 15 is 0 Å². The molecule has 0 saturated heterocycles. The Bertz CT molecular complexity index is 594. The largest absolute Gasteiger partial charge is 0.272 e. The number of hydrogen-bond donors (Lipinski definition) is 1. The molecule has 0 aliphatic rings. The van der Waals surface area contributed by atoms with Crippen LogP contribution in [0.15, 0.2) is 53.9 Å². The number of hydrogen-bond acceptors (Lipinski definition) is 3. The Morgan fingerprint density at radius 2 is 1.95 bits per heavy atom. The highest BCUT2D eigenvalue weighted by Gasteiger charge is 2.04. The highest BCUT2D eigenvalue weighted by molar-refractivity contribution is 6.30. The Hall–Kier alpha value is -2.20. The van der Waals surface area contributed by atoms with E-state index in [1.54, 1.807) is 30.5 Å². The molecule has 96 valence electrons. The normalized spacial score (nSPS) is 11.2. The molecule has 1 amide bonds. The molecule has 1 N–H and O–H groups in total. The molecular weight excluding hydrogens is 262 g/mol. The van der Waals surface area contributed by atoms with Crippen LogP contribution < -0.4 is 5.43 Å². The van der Waals surface area contributed by atoms with Crippen molar-refractivity contribution in [1.82, 2.24) is 10.4 Å². The first-order valence-corrected chi connectivity index (χ1v) is 6.05. The van der Waals surface area contributed by atoms with Gasteiger partial charge in [0.2, 0.25) is 0 Å². The fraction of sp³-hybridized carbons (Fsp3) is 0.0714. The van der Waals surface area contributed by atoms with Crippen molar-refractivity contribution in [3.8, 4) is 0 Å². The van der Waals surface area contributed by atoms with Gasteiger partial charge in [-0.15, -0.1) is 0 Å². The first kappa shape index (κ1) is 13.2. The summed E-state index contributed by atoms with van der Waals surface area (Å²) in [7, 11) is 0. The van der Waals surface area contributed by atoms with E-state index in [4.69, 9.17) is 11.6 Å². The number of carbonyl (C=O) groups excluding carboxylic acids is 1. The van der Waals surface area contributed by atoms with Gasteiger partial charge in [0.1, 0.15) is 0 Å². The zero-order chi connectivity index (χ0) is 13.7. The van der Waals surface area contributed by atoms with Gasteiger partial charge in [0.05, 0.1) is 11.3 Å². The molecule has 2 rings (SSSR count). The first-order chi connectivity index (χ1) is 9.16. The van der Waals surface area contributed by atoms with Crippen LogP contribution in [0.3, 0.4) is 0 Å². The Kier molecular flexibility index (Phi) is 4.26. The van der Waals surface area contributed by atoms with E-state index in [9.17, 15) is 4.79 Å². The Labute approximate surface area is 116 Å². The Morgan fingerprint density at radius 1 is 1.21 bits per heavy atom. The van der Waals surface area contributed by atoms with Gasteiger partial charge in [-0.2, -0.15) is 5.10 Å². The van der Waals surface area contributed by atoms with Crippen LogP contribution in [0.1, 0.15) is 22.8 Å². The molecule has 0 radical (unpaired) electrons. The summed E-state index contributed by atoms with van der Waals surface area (Å²) in [5.41, 5.74) is 4.56. The fourth-order valence-corrected chi connectivity index (χ4v) is 1.58. The molecule has 0 fully saturated rings. The van der Waals surface area contributed by atoms with Crippen molar-refractivity contribution in [3.05, 3.63) is 64.9 Å². The number of nitrogens with zero attached hydrogens (tertiary/aromatic N) is 2. The van der Waals surface area contributed by atoms with Gasteiger partial charge in [-0.3, -0.25) is 9.78 Å². The maximum Gasteiger partial charge on any atom is 0.272 e. The molecule has 5 heteroatoms. The third kappa shape index (κ3) is 3.63. The van der Waals surface area contributed by atoms with Crippen LogP contribution >= 0.6 is 11.6 Å². The standard InChI is InChI=1S/C14H12ClN3O/c1-10(11-4-6-13(15)7-5-11)17-18-14(19)12-3-2-8-16-9-12/h2-9H,1H3,(H,18,19)/b17-10-. The lowest BCUT2D eigenvalue weighted by atomic mass is 10.1. The van der Waals surface area contributed by atoms with Crippen LogP contribution in [0.25, 0.3) is 0 Å². The smallest absolute Gasteiger partial charge is 0.267 e. The summed E-state index contributed by atoms with van der Waals surface area (Å²) in [6.07, 6.45) is 3.10. The lowest BCUT2D eigenvalue weighted by Crippen LogP contribution is -2.19. The Balaban J connectivity index is 2.06. The SMILES string of the molecule is C/C(=N/NC(=O)c1cccnc1)c1ccc(Cl)cc1. The molecule has 0 bridgehead atoms. The van der Waals surface area contributed by atoms with E-state index in [1.807, 2.05) is 19.1 Å². The van der Waals surface area contributed by atoms with Crippen molar-refractivity contribution >= 4 is 23.2 Å². The summed E-state index contributed by atoms with van der Waals surface area (Å²) in [6.45, 7) is 1.81. The van der Waals surface area contributed by atoms with Gasteiger partial charge in [0.15, 0.2) is 0 Å². The molecule has 0 saturated carbocycles. The third-order valence-corrected chi connectivity index (χ3v) is 2.76. The van der Waals surface area contributed by atoms with Crippen LogP contribution in [-0.2, 0) is 0 Å². The third-order valence-electron chi connectivity index (χ3n) is 2.51. The number of amides is 1. The monoisotopic (exact) mass is 273 g/mol. The Morgan fingerprint density at radius 3 is 2.58 bits per heavy atom. The van der Waals surface area contributed by atoms with Gasteiger partial charge in [0, 0.05) is 17.4 Å². The minimum Gasteiger partial charge on any atom is -0.267 e. The average Bonchev–Trinajstić information content (AvgIpc) is 2.46. The van der Waals surface area contributed by atoms with Crippen molar-refractivity contribution in [2.24, 2.45) is 5.10 Å². The number of aromatic nitrogens is 1. The molecule has 2 aromatic rings. The van der Waals surface area contributed by atoms with Gasteiger partial charge in [0.25, 0.3) is 5.91 Å². The van der Waals surface area contributed by atoms with E-state index < -0.39 is 0 Å². The molecule has 0 unspecified atom stereocenters. The van der Waals surface area contributed by atoms with Crippen molar-refractivity contribution in [2.45, 2.75) is 6.92 Å². The number of benzene rings is 1. The lowest BCUT2D eigenvalue weighted by molar-refractivity contribution is 0.0954. The van der Waals surface area contributed by atoms with Crippen molar-refractivity contribution in [3.63, 3.8) is 0 Å². The maximum absolute atomic E-state index is 11.8. The quantitative estimate of drug-likeness (QED) is 0.690. The van der Waals surface area contributed by atoms with Gasteiger partial charge in [-0.1, -0.05) is 23.7 Å². The van der Waals surface area contributed by atoms with Gasteiger partial charge < -0.3 is 0 Å². The maximum atomic E-state index is 11.8. The summed E-state index contributed by atoms with van der Waals surface area (Å²) in [4.78, 5) is 15.6. The lowest BCUT2D eigenvalue weighted by Gasteiger charge is -2.03. The minimum atomic E-state index is -0.290. The second-order valence-electron chi connectivity index (χ2n) is 3.89. The van der Waals surface area contributed by atoms with Crippen molar-refractivity contribution in [1.29, 1.82) is 0 Å². The summed E-state index contributed by atoms with van der Waals surface area (Å²) in [5.74, 6) is -0.290. The summed E-state index contributed by atoms with van der Waals surface area (Å²) in [5, 5.41) is 4.71. The second-order valence-corrected chi connectivity index (χ2v) is 4.32. The van der Waals surface area contributed by atoms with Crippen LogP contribution in [0, 0.1) is 0 Å². The van der Waals surface area contributed by atoms with Crippen molar-refractivity contribution < 1.29 is 4.79 Å². The van der Waals surface area contributed by atoms with E-state index in [1.165, 1.54) is 6.20 Å². The fourth-order valence-electron chi connectivity index (χ4n) is 1.45. The molecule has 1 aromatic heterocycles.